The van der Waals surface area contributed by atoms with E-state index in [9.17, 15) is 0 Å². The van der Waals surface area contributed by atoms with Gasteiger partial charge in [0.25, 0.3) is 0 Å². The van der Waals surface area contributed by atoms with Crippen molar-refractivity contribution in [3.8, 4) is 0 Å². The second-order valence-corrected chi connectivity index (χ2v) is 5.19. The van der Waals surface area contributed by atoms with Crippen molar-refractivity contribution in [2.75, 3.05) is 26.8 Å². The molecule has 1 aliphatic rings. The Bertz CT molecular complexity index is 152. The molecule has 2 nitrogen and oxygen atoms in total. The first-order valence-corrected chi connectivity index (χ1v) is 5.87. The minimum absolute atomic E-state index is 0.671. The molecule has 2 heteroatoms. The van der Waals surface area contributed by atoms with Crippen molar-refractivity contribution in [2.24, 2.45) is 11.8 Å². The van der Waals surface area contributed by atoms with Crippen LogP contribution < -0.4 is 0 Å². The first-order chi connectivity index (χ1) is 6.59. The number of hydrogen-bond acceptors (Lipinski definition) is 2. The molecule has 0 N–H and O–H groups in total. The van der Waals surface area contributed by atoms with Gasteiger partial charge in [0.1, 0.15) is 0 Å². The van der Waals surface area contributed by atoms with Gasteiger partial charge in [0.2, 0.25) is 0 Å². The Labute approximate surface area is 88.6 Å². The standard InChI is InChI=1S/C12H25NO/c1-10(2)7-11(3)8-13(4)12-5-6-14-9-12/h10-12H,5-9H2,1-4H3. The van der Waals surface area contributed by atoms with Crippen LogP contribution in [0.3, 0.4) is 0 Å². The summed E-state index contributed by atoms with van der Waals surface area (Å²) in [5.41, 5.74) is 0. The van der Waals surface area contributed by atoms with E-state index in [-0.39, 0.29) is 0 Å². The summed E-state index contributed by atoms with van der Waals surface area (Å²) in [6.45, 7) is 10.1. The minimum atomic E-state index is 0.671. The van der Waals surface area contributed by atoms with Gasteiger partial charge in [-0.1, -0.05) is 20.8 Å². The van der Waals surface area contributed by atoms with E-state index in [0.29, 0.717) is 6.04 Å². The van der Waals surface area contributed by atoms with E-state index in [1.165, 1.54) is 19.4 Å². The van der Waals surface area contributed by atoms with Gasteiger partial charge in [0, 0.05) is 19.2 Å². The van der Waals surface area contributed by atoms with Gasteiger partial charge in [-0.05, 0) is 31.7 Å². The monoisotopic (exact) mass is 199 g/mol. The summed E-state index contributed by atoms with van der Waals surface area (Å²) in [5.74, 6) is 1.62. The molecule has 0 aliphatic carbocycles. The van der Waals surface area contributed by atoms with Gasteiger partial charge in [-0.3, -0.25) is 0 Å². The third-order valence-electron chi connectivity index (χ3n) is 3.00. The average molecular weight is 199 g/mol. The number of hydrogen-bond donors (Lipinski definition) is 0. The Morgan fingerprint density at radius 1 is 1.36 bits per heavy atom. The van der Waals surface area contributed by atoms with Crippen molar-refractivity contribution in [2.45, 2.75) is 39.7 Å². The minimum Gasteiger partial charge on any atom is -0.380 e. The molecule has 0 bridgehead atoms. The highest BCUT2D eigenvalue weighted by molar-refractivity contribution is 4.74. The van der Waals surface area contributed by atoms with E-state index in [1.807, 2.05) is 0 Å². The van der Waals surface area contributed by atoms with E-state index >= 15 is 0 Å². The maximum atomic E-state index is 5.40. The van der Waals surface area contributed by atoms with Crippen LogP contribution in [0.25, 0.3) is 0 Å². The number of rotatable bonds is 5. The van der Waals surface area contributed by atoms with Crippen molar-refractivity contribution in [1.82, 2.24) is 4.90 Å². The summed E-state index contributed by atoms with van der Waals surface area (Å²) in [6, 6.07) is 0.671. The third-order valence-corrected chi connectivity index (χ3v) is 3.00. The van der Waals surface area contributed by atoms with Gasteiger partial charge >= 0.3 is 0 Å². The first-order valence-electron chi connectivity index (χ1n) is 5.87. The van der Waals surface area contributed by atoms with Crippen LogP contribution >= 0.6 is 0 Å². The van der Waals surface area contributed by atoms with Crippen LogP contribution in [0.1, 0.15) is 33.6 Å². The Morgan fingerprint density at radius 3 is 2.57 bits per heavy atom. The van der Waals surface area contributed by atoms with Crippen LogP contribution in [0.2, 0.25) is 0 Å². The van der Waals surface area contributed by atoms with E-state index in [1.54, 1.807) is 0 Å². The quantitative estimate of drug-likeness (QED) is 0.674. The molecule has 0 aromatic heterocycles. The summed E-state index contributed by atoms with van der Waals surface area (Å²) < 4.78 is 5.40. The van der Waals surface area contributed by atoms with Gasteiger partial charge < -0.3 is 9.64 Å². The second-order valence-electron chi connectivity index (χ2n) is 5.19. The van der Waals surface area contributed by atoms with Crippen LogP contribution in [-0.4, -0.2) is 37.7 Å². The van der Waals surface area contributed by atoms with Gasteiger partial charge in [-0.25, -0.2) is 0 Å². The average Bonchev–Trinajstić information content (AvgIpc) is 2.53. The summed E-state index contributed by atoms with van der Waals surface area (Å²) in [5, 5.41) is 0. The molecule has 1 rings (SSSR count). The predicted octanol–water partition coefficient (Wildman–Crippen LogP) is 2.39. The number of nitrogens with zero attached hydrogens (tertiary/aromatic N) is 1. The van der Waals surface area contributed by atoms with Crippen LogP contribution in [0, 0.1) is 11.8 Å². The van der Waals surface area contributed by atoms with E-state index in [2.05, 4.69) is 32.7 Å². The molecule has 1 fully saturated rings. The van der Waals surface area contributed by atoms with Crippen LogP contribution in [0.5, 0.6) is 0 Å². The number of ether oxygens (including phenoxy) is 1. The van der Waals surface area contributed by atoms with Crippen molar-refractivity contribution >= 4 is 0 Å². The van der Waals surface area contributed by atoms with Crippen LogP contribution in [0.4, 0.5) is 0 Å². The molecule has 0 spiro atoms. The molecule has 0 aromatic rings. The number of likely N-dealkylation sites (N-methyl/N-ethyl adjacent to an activating group) is 1. The van der Waals surface area contributed by atoms with Crippen LogP contribution in [0.15, 0.2) is 0 Å². The first kappa shape index (κ1) is 12.0. The zero-order valence-electron chi connectivity index (χ0n) is 10.1. The van der Waals surface area contributed by atoms with Crippen molar-refractivity contribution < 1.29 is 4.74 Å². The molecular weight excluding hydrogens is 174 g/mol. The Hall–Kier alpha value is -0.0800. The highest BCUT2D eigenvalue weighted by Gasteiger charge is 2.21. The molecule has 1 aliphatic heterocycles. The molecular formula is C12H25NO. The SMILES string of the molecule is CC(C)CC(C)CN(C)C1CCOC1. The predicted molar refractivity (Wildman–Crippen MR) is 60.5 cm³/mol. The molecule has 1 heterocycles. The fourth-order valence-corrected chi connectivity index (χ4v) is 2.39. The summed E-state index contributed by atoms with van der Waals surface area (Å²) >= 11 is 0. The molecule has 0 saturated carbocycles. The largest absolute Gasteiger partial charge is 0.380 e. The molecule has 2 atom stereocenters. The van der Waals surface area contributed by atoms with Crippen molar-refractivity contribution in [3.63, 3.8) is 0 Å². The van der Waals surface area contributed by atoms with Gasteiger partial charge in [0.05, 0.1) is 6.61 Å². The molecule has 1 saturated heterocycles. The Kier molecular flexibility index (Phi) is 4.90. The van der Waals surface area contributed by atoms with E-state index in [4.69, 9.17) is 4.74 Å². The van der Waals surface area contributed by atoms with Gasteiger partial charge in [-0.15, -0.1) is 0 Å². The lowest BCUT2D eigenvalue weighted by Gasteiger charge is -2.26. The molecule has 84 valence electrons. The normalized spacial score (nSPS) is 24.9. The lowest BCUT2D eigenvalue weighted by molar-refractivity contribution is 0.148. The Morgan fingerprint density at radius 2 is 2.07 bits per heavy atom. The highest BCUT2D eigenvalue weighted by Crippen LogP contribution is 2.16. The smallest absolute Gasteiger partial charge is 0.0622 e. The van der Waals surface area contributed by atoms with E-state index < -0.39 is 0 Å². The van der Waals surface area contributed by atoms with Gasteiger partial charge in [-0.2, -0.15) is 0 Å². The fourth-order valence-electron chi connectivity index (χ4n) is 2.39. The summed E-state index contributed by atoms with van der Waals surface area (Å²) in [4.78, 5) is 2.47. The second kappa shape index (κ2) is 5.72. The molecule has 2 unspecified atom stereocenters. The van der Waals surface area contributed by atoms with Crippen LogP contribution in [-0.2, 0) is 4.74 Å². The lowest BCUT2D eigenvalue weighted by atomic mass is 9.98. The zero-order valence-corrected chi connectivity index (χ0v) is 10.1. The fraction of sp³-hybridized carbons (Fsp3) is 1.00. The topological polar surface area (TPSA) is 12.5 Å². The third kappa shape index (κ3) is 3.97. The molecule has 0 aromatic carbocycles. The zero-order chi connectivity index (χ0) is 10.6. The molecule has 14 heavy (non-hydrogen) atoms. The van der Waals surface area contributed by atoms with Crippen molar-refractivity contribution in [1.29, 1.82) is 0 Å². The molecule has 0 amide bonds. The lowest BCUT2D eigenvalue weighted by Crippen LogP contribution is -2.35. The van der Waals surface area contributed by atoms with E-state index in [0.717, 1.165) is 25.0 Å². The molecule has 0 radical (unpaired) electrons. The van der Waals surface area contributed by atoms with Gasteiger partial charge in [0.15, 0.2) is 0 Å². The maximum Gasteiger partial charge on any atom is 0.0622 e. The maximum absolute atomic E-state index is 5.40. The Balaban J connectivity index is 2.21. The summed E-state index contributed by atoms with van der Waals surface area (Å²) in [6.07, 6.45) is 2.54. The summed E-state index contributed by atoms with van der Waals surface area (Å²) in [7, 11) is 2.23. The van der Waals surface area contributed by atoms with Crippen molar-refractivity contribution in [3.05, 3.63) is 0 Å². The highest BCUT2D eigenvalue weighted by atomic mass is 16.5.